The van der Waals surface area contributed by atoms with Crippen molar-refractivity contribution in [1.82, 2.24) is 0 Å². The number of anilines is 1. The number of ether oxygens (including phenoxy) is 1. The van der Waals surface area contributed by atoms with Crippen LogP contribution in [0.3, 0.4) is 0 Å². The highest BCUT2D eigenvalue weighted by Crippen LogP contribution is 2.33. The van der Waals surface area contributed by atoms with E-state index in [1.165, 1.54) is 0 Å². The van der Waals surface area contributed by atoms with Crippen LogP contribution in [0.1, 0.15) is 11.1 Å². The van der Waals surface area contributed by atoms with Gasteiger partial charge in [-0.2, -0.15) is 13.2 Å². The van der Waals surface area contributed by atoms with E-state index in [-0.39, 0.29) is 12.4 Å². The summed E-state index contributed by atoms with van der Waals surface area (Å²) in [5, 5.41) is 0. The maximum Gasteiger partial charge on any atom is 0.419 e. The summed E-state index contributed by atoms with van der Waals surface area (Å²) in [4.78, 5) is 0. The Morgan fingerprint density at radius 1 is 1.05 bits per heavy atom. The Morgan fingerprint density at radius 3 is 2.45 bits per heavy atom. The second-order valence-electron chi connectivity index (χ2n) is 4.17. The van der Waals surface area contributed by atoms with E-state index in [0.29, 0.717) is 17.3 Å². The number of benzene rings is 2. The van der Waals surface area contributed by atoms with Crippen LogP contribution < -0.4 is 10.5 Å². The second-order valence-corrected chi connectivity index (χ2v) is 4.17. The van der Waals surface area contributed by atoms with Crippen molar-refractivity contribution in [2.45, 2.75) is 12.8 Å². The molecule has 0 unspecified atom stereocenters. The molecule has 0 bridgehead atoms. The Bertz CT molecular complexity index is 610. The topological polar surface area (TPSA) is 35.2 Å². The Kier molecular flexibility index (Phi) is 3.83. The number of hydrogen-bond acceptors (Lipinski definition) is 2. The lowest BCUT2D eigenvalue weighted by Gasteiger charge is -2.11. The number of halogens is 4. The first-order valence-electron chi connectivity index (χ1n) is 5.70. The smallest absolute Gasteiger partial charge is 0.419 e. The molecule has 0 aliphatic carbocycles. The van der Waals surface area contributed by atoms with Crippen molar-refractivity contribution in [3.63, 3.8) is 0 Å². The summed E-state index contributed by atoms with van der Waals surface area (Å²) in [6, 6.07) is 9.29. The van der Waals surface area contributed by atoms with Gasteiger partial charge in [-0.05, 0) is 35.9 Å². The summed E-state index contributed by atoms with van der Waals surface area (Å²) in [6.45, 7) is 0.0496. The van der Waals surface area contributed by atoms with Crippen LogP contribution >= 0.6 is 0 Å². The van der Waals surface area contributed by atoms with E-state index in [0.717, 1.165) is 12.1 Å². The van der Waals surface area contributed by atoms with Crippen LogP contribution in [-0.2, 0) is 12.8 Å². The van der Waals surface area contributed by atoms with Crippen molar-refractivity contribution in [3.8, 4) is 5.75 Å². The highest BCUT2D eigenvalue weighted by molar-refractivity contribution is 5.40. The Morgan fingerprint density at radius 2 is 1.80 bits per heavy atom. The van der Waals surface area contributed by atoms with Gasteiger partial charge in [0.1, 0.15) is 18.2 Å². The first kappa shape index (κ1) is 14.2. The lowest BCUT2D eigenvalue weighted by atomic mass is 10.2. The summed E-state index contributed by atoms with van der Waals surface area (Å²) >= 11 is 0. The predicted molar refractivity (Wildman–Crippen MR) is 66.6 cm³/mol. The van der Waals surface area contributed by atoms with Gasteiger partial charge in [-0.1, -0.05) is 12.1 Å². The molecule has 0 radical (unpaired) electrons. The molecule has 2 N–H and O–H groups in total. The van der Waals surface area contributed by atoms with E-state index < -0.39 is 17.6 Å². The first-order valence-corrected chi connectivity index (χ1v) is 5.70. The van der Waals surface area contributed by atoms with Crippen LogP contribution in [0.15, 0.2) is 42.5 Å². The number of alkyl halides is 3. The number of rotatable bonds is 3. The van der Waals surface area contributed by atoms with Crippen molar-refractivity contribution < 1.29 is 22.3 Å². The van der Waals surface area contributed by atoms with E-state index >= 15 is 0 Å². The molecule has 0 atom stereocenters. The molecule has 2 aromatic carbocycles. The molecule has 0 fully saturated rings. The van der Waals surface area contributed by atoms with Crippen LogP contribution in [0.5, 0.6) is 5.75 Å². The van der Waals surface area contributed by atoms with Gasteiger partial charge in [-0.3, -0.25) is 0 Å². The fourth-order valence-electron chi connectivity index (χ4n) is 1.66. The predicted octanol–water partition coefficient (Wildman–Crippen LogP) is 4.01. The monoisotopic (exact) mass is 285 g/mol. The van der Waals surface area contributed by atoms with Crippen LogP contribution in [0.25, 0.3) is 0 Å². The van der Waals surface area contributed by atoms with Crippen molar-refractivity contribution in [2.24, 2.45) is 0 Å². The Balaban J connectivity index is 2.14. The average molecular weight is 285 g/mol. The molecule has 0 aliphatic heterocycles. The SMILES string of the molecule is Nc1cccc(COc2ccc(F)c(C(F)(F)F)c2)c1. The van der Waals surface area contributed by atoms with Crippen molar-refractivity contribution in [2.75, 3.05) is 5.73 Å². The van der Waals surface area contributed by atoms with E-state index in [4.69, 9.17) is 10.5 Å². The summed E-state index contributed by atoms with van der Waals surface area (Å²) in [7, 11) is 0. The fourth-order valence-corrected chi connectivity index (χ4v) is 1.66. The molecule has 6 heteroatoms. The summed E-state index contributed by atoms with van der Waals surface area (Å²) in [6.07, 6.45) is -4.75. The average Bonchev–Trinajstić information content (AvgIpc) is 2.36. The zero-order valence-electron chi connectivity index (χ0n) is 10.2. The van der Waals surface area contributed by atoms with Crippen molar-refractivity contribution >= 4 is 5.69 Å². The summed E-state index contributed by atoms with van der Waals surface area (Å²) in [5.41, 5.74) is 5.47. The van der Waals surface area contributed by atoms with Gasteiger partial charge in [0.25, 0.3) is 0 Å². The standard InChI is InChI=1S/C14H11F4NO/c15-13-5-4-11(7-12(13)14(16,17)18)20-8-9-2-1-3-10(19)6-9/h1-7H,8,19H2. The Labute approximate surface area is 112 Å². The number of hydrogen-bond donors (Lipinski definition) is 1. The van der Waals surface area contributed by atoms with Crippen LogP contribution in [0, 0.1) is 5.82 Å². The molecule has 0 aromatic heterocycles. The molecule has 0 heterocycles. The van der Waals surface area contributed by atoms with Gasteiger partial charge in [0, 0.05) is 5.69 Å². The van der Waals surface area contributed by atoms with Gasteiger partial charge in [0.15, 0.2) is 0 Å². The molecule has 20 heavy (non-hydrogen) atoms. The number of nitrogen functional groups attached to an aromatic ring is 1. The molecule has 2 aromatic rings. The zero-order valence-corrected chi connectivity index (χ0v) is 10.2. The van der Waals surface area contributed by atoms with E-state index in [2.05, 4.69) is 0 Å². The maximum atomic E-state index is 13.1. The van der Waals surface area contributed by atoms with E-state index in [1.54, 1.807) is 24.3 Å². The van der Waals surface area contributed by atoms with Gasteiger partial charge in [0.2, 0.25) is 0 Å². The molecule has 2 rings (SSSR count). The van der Waals surface area contributed by atoms with Gasteiger partial charge in [0.05, 0.1) is 5.56 Å². The molecule has 0 saturated carbocycles. The summed E-state index contributed by atoms with van der Waals surface area (Å²) in [5.74, 6) is -1.38. The van der Waals surface area contributed by atoms with E-state index in [9.17, 15) is 17.6 Å². The third-order valence-electron chi connectivity index (χ3n) is 2.60. The maximum absolute atomic E-state index is 13.1. The highest BCUT2D eigenvalue weighted by Gasteiger charge is 2.34. The lowest BCUT2D eigenvalue weighted by molar-refractivity contribution is -0.140. The lowest BCUT2D eigenvalue weighted by Crippen LogP contribution is -2.08. The third kappa shape index (κ3) is 3.40. The van der Waals surface area contributed by atoms with Gasteiger partial charge >= 0.3 is 6.18 Å². The zero-order chi connectivity index (χ0) is 14.8. The molecule has 106 valence electrons. The number of nitrogens with two attached hydrogens (primary N) is 1. The largest absolute Gasteiger partial charge is 0.489 e. The van der Waals surface area contributed by atoms with E-state index in [1.807, 2.05) is 0 Å². The minimum Gasteiger partial charge on any atom is -0.489 e. The highest BCUT2D eigenvalue weighted by atomic mass is 19.4. The molecule has 0 aliphatic rings. The Hall–Kier alpha value is -2.24. The van der Waals surface area contributed by atoms with Crippen LogP contribution in [0.4, 0.5) is 23.2 Å². The van der Waals surface area contributed by atoms with Gasteiger partial charge in [-0.25, -0.2) is 4.39 Å². The molecular formula is C14H11F4NO. The molecule has 0 amide bonds. The van der Waals surface area contributed by atoms with Crippen molar-refractivity contribution in [1.29, 1.82) is 0 Å². The van der Waals surface area contributed by atoms with Crippen molar-refractivity contribution in [3.05, 3.63) is 59.4 Å². The second kappa shape index (κ2) is 5.40. The third-order valence-corrected chi connectivity index (χ3v) is 2.60. The van der Waals surface area contributed by atoms with Gasteiger partial charge < -0.3 is 10.5 Å². The summed E-state index contributed by atoms with van der Waals surface area (Å²) < 4.78 is 55.9. The normalized spacial score (nSPS) is 11.4. The molecule has 0 saturated heterocycles. The van der Waals surface area contributed by atoms with Gasteiger partial charge in [-0.15, -0.1) is 0 Å². The quantitative estimate of drug-likeness (QED) is 0.683. The minimum atomic E-state index is -4.75. The fraction of sp³-hybridized carbons (Fsp3) is 0.143. The molecule has 0 spiro atoms. The minimum absolute atomic E-state index is 0.0496. The first-order chi connectivity index (χ1) is 9.36. The van der Waals surface area contributed by atoms with Crippen LogP contribution in [-0.4, -0.2) is 0 Å². The molecular weight excluding hydrogens is 274 g/mol. The molecule has 2 nitrogen and oxygen atoms in total. The van der Waals surface area contributed by atoms with Crippen LogP contribution in [0.2, 0.25) is 0 Å².